The molecule has 1 atom stereocenters. The minimum Gasteiger partial charge on any atom is -0.392 e. The van der Waals surface area contributed by atoms with Crippen LogP contribution in [0.15, 0.2) is 0 Å². The van der Waals surface area contributed by atoms with Crippen molar-refractivity contribution in [1.29, 1.82) is 0 Å². The summed E-state index contributed by atoms with van der Waals surface area (Å²) in [6, 6.07) is 0. The fraction of sp³-hybridized carbons (Fsp3) is 0.882. The van der Waals surface area contributed by atoms with Gasteiger partial charge in [0.2, 0.25) is 11.8 Å². The lowest BCUT2D eigenvalue weighted by Crippen LogP contribution is -2.60. The predicted molar refractivity (Wildman–Crippen MR) is 87.3 cm³/mol. The molecule has 5 heteroatoms. The first-order chi connectivity index (χ1) is 10.4. The summed E-state index contributed by atoms with van der Waals surface area (Å²) in [6.45, 7) is 6.50. The Labute approximate surface area is 134 Å². The fourth-order valence-corrected chi connectivity index (χ4v) is 2.86. The van der Waals surface area contributed by atoms with E-state index in [0.29, 0.717) is 19.4 Å². The molecule has 5 nitrogen and oxygen atoms in total. The summed E-state index contributed by atoms with van der Waals surface area (Å²) in [5, 5.41) is 15.8. The van der Waals surface area contributed by atoms with Crippen LogP contribution in [-0.4, -0.2) is 35.1 Å². The van der Waals surface area contributed by atoms with Crippen molar-refractivity contribution in [1.82, 2.24) is 10.6 Å². The third-order valence-corrected chi connectivity index (χ3v) is 4.50. The molecule has 0 aromatic carbocycles. The first-order valence-corrected chi connectivity index (χ1v) is 8.68. The first kappa shape index (κ1) is 18.9. The van der Waals surface area contributed by atoms with E-state index in [9.17, 15) is 14.7 Å². The van der Waals surface area contributed by atoms with Gasteiger partial charge in [-0.2, -0.15) is 0 Å². The number of aliphatic hydroxyl groups excluding tert-OH is 1. The average Bonchev–Trinajstić information content (AvgIpc) is 2.47. The molecule has 0 aromatic rings. The van der Waals surface area contributed by atoms with Gasteiger partial charge in [0.15, 0.2) is 0 Å². The third kappa shape index (κ3) is 5.59. The van der Waals surface area contributed by atoms with Gasteiger partial charge in [-0.05, 0) is 25.2 Å². The Morgan fingerprint density at radius 3 is 2.36 bits per heavy atom. The van der Waals surface area contributed by atoms with Crippen LogP contribution >= 0.6 is 0 Å². The SMILES string of the molecule is CCCCNC(=O)C1(NC(=O)CC(O)C(C)C)CCCCC1. The quantitative estimate of drug-likeness (QED) is 0.601. The lowest BCUT2D eigenvalue weighted by molar-refractivity contribution is -0.136. The summed E-state index contributed by atoms with van der Waals surface area (Å²) in [4.78, 5) is 24.8. The zero-order chi connectivity index (χ0) is 16.6. The van der Waals surface area contributed by atoms with E-state index < -0.39 is 11.6 Å². The Kier molecular flexibility index (Phi) is 7.87. The molecule has 1 fully saturated rings. The molecule has 1 aliphatic carbocycles. The number of hydrogen-bond donors (Lipinski definition) is 3. The second-order valence-corrected chi connectivity index (χ2v) is 6.82. The van der Waals surface area contributed by atoms with Crippen molar-refractivity contribution in [3.8, 4) is 0 Å². The molecule has 128 valence electrons. The van der Waals surface area contributed by atoms with E-state index in [1.807, 2.05) is 13.8 Å². The number of rotatable bonds is 8. The van der Waals surface area contributed by atoms with Gasteiger partial charge < -0.3 is 15.7 Å². The molecule has 2 amide bonds. The van der Waals surface area contributed by atoms with Crippen molar-refractivity contribution in [3.63, 3.8) is 0 Å². The molecule has 1 saturated carbocycles. The summed E-state index contributed by atoms with van der Waals surface area (Å²) in [5.74, 6) is -0.256. The molecule has 1 unspecified atom stereocenters. The average molecular weight is 312 g/mol. The van der Waals surface area contributed by atoms with Gasteiger partial charge >= 0.3 is 0 Å². The molecule has 22 heavy (non-hydrogen) atoms. The normalized spacial score (nSPS) is 18.8. The van der Waals surface area contributed by atoms with Crippen LogP contribution in [0, 0.1) is 5.92 Å². The van der Waals surface area contributed by atoms with Crippen molar-refractivity contribution >= 4 is 11.8 Å². The van der Waals surface area contributed by atoms with E-state index in [4.69, 9.17) is 0 Å². The summed E-state index contributed by atoms with van der Waals surface area (Å²) < 4.78 is 0. The summed E-state index contributed by atoms with van der Waals surface area (Å²) in [5.41, 5.74) is -0.778. The van der Waals surface area contributed by atoms with E-state index in [1.54, 1.807) is 0 Å². The van der Waals surface area contributed by atoms with Crippen LogP contribution in [0.2, 0.25) is 0 Å². The Balaban J connectivity index is 2.66. The number of carbonyl (C=O) groups excluding carboxylic acids is 2. The zero-order valence-corrected chi connectivity index (χ0v) is 14.3. The molecule has 0 bridgehead atoms. The van der Waals surface area contributed by atoms with Crippen LogP contribution < -0.4 is 10.6 Å². The highest BCUT2D eigenvalue weighted by molar-refractivity contribution is 5.91. The highest BCUT2D eigenvalue weighted by Gasteiger charge is 2.40. The molecule has 0 saturated heterocycles. The van der Waals surface area contributed by atoms with Gasteiger partial charge in [-0.1, -0.05) is 46.5 Å². The van der Waals surface area contributed by atoms with Crippen molar-refractivity contribution < 1.29 is 14.7 Å². The highest BCUT2D eigenvalue weighted by Crippen LogP contribution is 2.29. The second kappa shape index (κ2) is 9.13. The number of unbranched alkanes of at least 4 members (excludes halogenated alkanes) is 1. The monoisotopic (exact) mass is 312 g/mol. The van der Waals surface area contributed by atoms with Crippen LogP contribution in [0.1, 0.15) is 72.1 Å². The Hall–Kier alpha value is -1.10. The van der Waals surface area contributed by atoms with E-state index in [2.05, 4.69) is 17.6 Å². The molecule has 0 aromatic heterocycles. The molecule has 1 rings (SSSR count). The maximum Gasteiger partial charge on any atom is 0.245 e. The van der Waals surface area contributed by atoms with Gasteiger partial charge in [-0.25, -0.2) is 0 Å². The zero-order valence-electron chi connectivity index (χ0n) is 14.3. The van der Waals surface area contributed by atoms with Crippen LogP contribution in [0.4, 0.5) is 0 Å². The van der Waals surface area contributed by atoms with Crippen LogP contribution in [0.5, 0.6) is 0 Å². The van der Waals surface area contributed by atoms with E-state index >= 15 is 0 Å². The van der Waals surface area contributed by atoms with Crippen LogP contribution in [0.25, 0.3) is 0 Å². The van der Waals surface area contributed by atoms with E-state index in [0.717, 1.165) is 32.1 Å². The van der Waals surface area contributed by atoms with Crippen molar-refractivity contribution in [2.75, 3.05) is 6.54 Å². The predicted octanol–water partition coefficient (Wildman–Crippen LogP) is 2.13. The Bertz CT molecular complexity index is 363. The van der Waals surface area contributed by atoms with Crippen molar-refractivity contribution in [2.24, 2.45) is 5.92 Å². The number of aliphatic hydroxyl groups is 1. The smallest absolute Gasteiger partial charge is 0.245 e. The summed E-state index contributed by atoms with van der Waals surface area (Å²) in [7, 11) is 0. The van der Waals surface area contributed by atoms with Crippen molar-refractivity contribution in [3.05, 3.63) is 0 Å². The standard InChI is InChI=1S/C17H32N2O3/c1-4-5-11-18-16(22)17(9-7-6-8-10-17)19-15(21)12-14(20)13(2)3/h13-14,20H,4-12H2,1-3H3,(H,18,22)(H,19,21). The third-order valence-electron chi connectivity index (χ3n) is 4.50. The largest absolute Gasteiger partial charge is 0.392 e. The van der Waals surface area contributed by atoms with Gasteiger partial charge in [0, 0.05) is 6.54 Å². The molecule has 0 aliphatic heterocycles. The number of amides is 2. The molecular weight excluding hydrogens is 280 g/mol. The molecule has 0 spiro atoms. The molecule has 0 heterocycles. The molecular formula is C17H32N2O3. The topological polar surface area (TPSA) is 78.4 Å². The van der Waals surface area contributed by atoms with E-state index in [1.165, 1.54) is 0 Å². The molecule has 0 radical (unpaired) electrons. The molecule has 1 aliphatic rings. The van der Waals surface area contributed by atoms with Gasteiger partial charge in [-0.15, -0.1) is 0 Å². The number of carbonyl (C=O) groups is 2. The minimum atomic E-state index is -0.778. The summed E-state index contributed by atoms with van der Waals surface area (Å²) >= 11 is 0. The first-order valence-electron chi connectivity index (χ1n) is 8.68. The Morgan fingerprint density at radius 1 is 1.18 bits per heavy atom. The number of nitrogens with one attached hydrogen (secondary N) is 2. The van der Waals surface area contributed by atoms with Crippen LogP contribution in [0.3, 0.4) is 0 Å². The highest BCUT2D eigenvalue weighted by atomic mass is 16.3. The van der Waals surface area contributed by atoms with Crippen molar-refractivity contribution in [2.45, 2.75) is 83.8 Å². The van der Waals surface area contributed by atoms with E-state index in [-0.39, 0.29) is 24.2 Å². The van der Waals surface area contributed by atoms with Crippen LogP contribution in [-0.2, 0) is 9.59 Å². The minimum absolute atomic E-state index is 0.0337. The fourth-order valence-electron chi connectivity index (χ4n) is 2.86. The van der Waals surface area contributed by atoms with Gasteiger partial charge in [0.05, 0.1) is 12.5 Å². The maximum atomic E-state index is 12.6. The second-order valence-electron chi connectivity index (χ2n) is 6.82. The van der Waals surface area contributed by atoms with Gasteiger partial charge in [-0.3, -0.25) is 9.59 Å². The number of hydrogen-bond acceptors (Lipinski definition) is 3. The molecule has 3 N–H and O–H groups in total. The van der Waals surface area contributed by atoms with Gasteiger partial charge in [0.1, 0.15) is 5.54 Å². The van der Waals surface area contributed by atoms with Gasteiger partial charge in [0.25, 0.3) is 0 Å². The maximum absolute atomic E-state index is 12.6. The lowest BCUT2D eigenvalue weighted by atomic mass is 9.80. The summed E-state index contributed by atoms with van der Waals surface area (Å²) in [6.07, 6.45) is 5.76. The Morgan fingerprint density at radius 2 is 1.82 bits per heavy atom. The lowest BCUT2D eigenvalue weighted by Gasteiger charge is -2.37.